The minimum Gasteiger partial charge on any atom is -0.391 e. The van der Waals surface area contributed by atoms with Crippen LogP contribution in [0.25, 0.3) is 0 Å². The molecular formula is C15H29NO. The van der Waals surface area contributed by atoms with Gasteiger partial charge >= 0.3 is 0 Å². The highest BCUT2D eigenvalue weighted by atomic mass is 16.3. The molecule has 4 unspecified atom stereocenters. The zero-order chi connectivity index (χ0) is 12.6. The fourth-order valence-corrected chi connectivity index (χ4v) is 4.43. The summed E-state index contributed by atoms with van der Waals surface area (Å²) in [6, 6.07) is 0. The second-order valence-corrected chi connectivity index (χ2v) is 6.61. The Morgan fingerprint density at radius 3 is 2.24 bits per heavy atom. The van der Waals surface area contributed by atoms with Crippen molar-refractivity contribution in [2.75, 3.05) is 13.1 Å². The Kier molecular flexibility index (Phi) is 3.84. The fraction of sp³-hybridized carbons (Fsp3) is 1.00. The molecule has 0 aromatic heterocycles. The van der Waals surface area contributed by atoms with Gasteiger partial charge in [-0.25, -0.2) is 0 Å². The van der Waals surface area contributed by atoms with Gasteiger partial charge in [-0.05, 0) is 64.0 Å². The highest BCUT2D eigenvalue weighted by molar-refractivity contribution is 5.00. The Morgan fingerprint density at radius 2 is 1.82 bits per heavy atom. The van der Waals surface area contributed by atoms with E-state index in [1.54, 1.807) is 0 Å². The van der Waals surface area contributed by atoms with Crippen molar-refractivity contribution < 1.29 is 5.11 Å². The summed E-state index contributed by atoms with van der Waals surface area (Å²) in [7, 11) is 0. The third kappa shape index (κ3) is 2.26. The van der Waals surface area contributed by atoms with Gasteiger partial charge in [0.2, 0.25) is 0 Å². The van der Waals surface area contributed by atoms with E-state index in [9.17, 15) is 5.11 Å². The monoisotopic (exact) mass is 239 g/mol. The molecule has 2 heteroatoms. The molecule has 2 nitrogen and oxygen atoms in total. The van der Waals surface area contributed by atoms with Crippen molar-refractivity contribution in [3.8, 4) is 0 Å². The van der Waals surface area contributed by atoms with E-state index in [1.807, 2.05) is 0 Å². The van der Waals surface area contributed by atoms with Crippen LogP contribution < -0.4 is 0 Å². The minimum atomic E-state index is -0.155. The molecule has 2 aliphatic carbocycles. The van der Waals surface area contributed by atoms with E-state index in [0.717, 1.165) is 24.9 Å². The van der Waals surface area contributed by atoms with Crippen LogP contribution in [-0.4, -0.2) is 34.7 Å². The summed E-state index contributed by atoms with van der Waals surface area (Å²) in [5.41, 5.74) is -0.0708. The van der Waals surface area contributed by atoms with E-state index in [0.29, 0.717) is 5.92 Å². The maximum Gasteiger partial charge on any atom is 0.0749 e. The van der Waals surface area contributed by atoms with Gasteiger partial charge in [0.1, 0.15) is 0 Å². The number of fused-ring (bicyclic) bond motifs is 2. The zero-order valence-corrected chi connectivity index (χ0v) is 11.9. The number of aliphatic hydroxyl groups excluding tert-OH is 1. The van der Waals surface area contributed by atoms with Gasteiger partial charge in [-0.1, -0.05) is 20.3 Å². The normalized spacial score (nSPS) is 34.6. The average Bonchev–Trinajstić information content (AvgIpc) is 2.90. The number of nitrogens with zero attached hydrogens (tertiary/aromatic N) is 1. The molecule has 0 amide bonds. The highest BCUT2D eigenvalue weighted by Crippen LogP contribution is 2.51. The molecule has 1 N–H and O–H groups in total. The number of hydrogen-bond acceptors (Lipinski definition) is 2. The van der Waals surface area contributed by atoms with Gasteiger partial charge in [0.15, 0.2) is 0 Å². The molecule has 2 saturated carbocycles. The Hall–Kier alpha value is -0.0800. The van der Waals surface area contributed by atoms with Gasteiger partial charge in [-0.2, -0.15) is 0 Å². The molecule has 0 aromatic carbocycles. The number of aliphatic hydroxyl groups is 1. The summed E-state index contributed by atoms with van der Waals surface area (Å²) in [6.45, 7) is 10.9. The van der Waals surface area contributed by atoms with Crippen LogP contribution in [0.3, 0.4) is 0 Å². The van der Waals surface area contributed by atoms with E-state index in [1.165, 1.54) is 25.7 Å². The zero-order valence-electron chi connectivity index (χ0n) is 11.9. The molecule has 2 rings (SSSR count). The van der Waals surface area contributed by atoms with Gasteiger partial charge in [0.05, 0.1) is 6.10 Å². The van der Waals surface area contributed by atoms with Crippen LogP contribution in [0.4, 0.5) is 0 Å². The van der Waals surface area contributed by atoms with Crippen LogP contribution in [0, 0.1) is 17.8 Å². The van der Waals surface area contributed by atoms with Crippen molar-refractivity contribution in [3.05, 3.63) is 0 Å². The first-order valence-electron chi connectivity index (χ1n) is 7.43. The summed E-state index contributed by atoms with van der Waals surface area (Å²) in [4.78, 5) is 2.41. The maximum absolute atomic E-state index is 10.8. The molecule has 0 radical (unpaired) electrons. The van der Waals surface area contributed by atoms with E-state index >= 15 is 0 Å². The molecule has 2 bridgehead atoms. The van der Waals surface area contributed by atoms with Crippen molar-refractivity contribution in [1.82, 2.24) is 4.90 Å². The molecule has 4 atom stereocenters. The van der Waals surface area contributed by atoms with Gasteiger partial charge in [-0.3, -0.25) is 4.90 Å². The van der Waals surface area contributed by atoms with Crippen LogP contribution in [-0.2, 0) is 0 Å². The molecule has 0 aliphatic heterocycles. The summed E-state index contributed by atoms with van der Waals surface area (Å²) in [5, 5.41) is 10.8. The number of likely N-dealkylation sites (N-methyl/N-ethyl adjacent to an activating group) is 1. The van der Waals surface area contributed by atoms with Gasteiger partial charge in [-0.15, -0.1) is 0 Å². The maximum atomic E-state index is 10.8. The van der Waals surface area contributed by atoms with Gasteiger partial charge in [0, 0.05) is 5.54 Å². The van der Waals surface area contributed by atoms with Crippen molar-refractivity contribution >= 4 is 0 Å². The van der Waals surface area contributed by atoms with Crippen LogP contribution in [0.5, 0.6) is 0 Å². The van der Waals surface area contributed by atoms with Crippen LogP contribution in [0.15, 0.2) is 0 Å². The Bertz CT molecular complexity index is 260. The number of hydrogen-bond donors (Lipinski definition) is 1. The number of rotatable bonds is 5. The molecule has 100 valence electrons. The van der Waals surface area contributed by atoms with E-state index in [2.05, 4.69) is 32.6 Å². The lowest BCUT2D eigenvalue weighted by Crippen LogP contribution is -2.55. The lowest BCUT2D eigenvalue weighted by Gasteiger charge is -2.45. The minimum absolute atomic E-state index is 0.0708. The Balaban J connectivity index is 2.05. The van der Waals surface area contributed by atoms with Crippen molar-refractivity contribution in [3.63, 3.8) is 0 Å². The summed E-state index contributed by atoms with van der Waals surface area (Å²) in [6.07, 6.45) is 5.28. The molecule has 2 aliphatic rings. The first-order chi connectivity index (χ1) is 8.00. The Labute approximate surface area is 106 Å². The van der Waals surface area contributed by atoms with Gasteiger partial charge in [0.25, 0.3) is 0 Å². The van der Waals surface area contributed by atoms with Crippen LogP contribution >= 0.6 is 0 Å². The topological polar surface area (TPSA) is 23.5 Å². The molecule has 0 saturated heterocycles. The second-order valence-electron chi connectivity index (χ2n) is 6.61. The largest absolute Gasteiger partial charge is 0.391 e. The first-order valence-corrected chi connectivity index (χ1v) is 7.43. The molecule has 0 aromatic rings. The lowest BCUT2D eigenvalue weighted by atomic mass is 9.77. The van der Waals surface area contributed by atoms with Gasteiger partial charge < -0.3 is 5.11 Å². The predicted molar refractivity (Wildman–Crippen MR) is 71.9 cm³/mol. The second kappa shape index (κ2) is 4.89. The molecule has 17 heavy (non-hydrogen) atoms. The third-order valence-electron chi connectivity index (χ3n) is 5.50. The molecule has 2 fully saturated rings. The molecule has 0 spiro atoms. The van der Waals surface area contributed by atoms with Crippen molar-refractivity contribution in [2.45, 2.75) is 65.0 Å². The Morgan fingerprint density at radius 1 is 1.18 bits per heavy atom. The standard InChI is InChI=1S/C15H29NO/c1-5-16(6-2)15(3,4)14(17)13-10-11-7-8-12(13)9-11/h11-14,17H,5-10H2,1-4H3. The van der Waals surface area contributed by atoms with Crippen LogP contribution in [0.2, 0.25) is 0 Å². The summed E-state index contributed by atoms with van der Waals surface area (Å²) < 4.78 is 0. The van der Waals surface area contributed by atoms with E-state index < -0.39 is 0 Å². The summed E-state index contributed by atoms with van der Waals surface area (Å²) in [5.74, 6) is 2.29. The quantitative estimate of drug-likeness (QED) is 0.797. The van der Waals surface area contributed by atoms with Crippen molar-refractivity contribution in [2.24, 2.45) is 17.8 Å². The van der Waals surface area contributed by atoms with E-state index in [4.69, 9.17) is 0 Å². The molecular weight excluding hydrogens is 210 g/mol. The highest BCUT2D eigenvalue weighted by Gasteiger charge is 2.47. The first kappa shape index (κ1) is 13.4. The van der Waals surface area contributed by atoms with E-state index in [-0.39, 0.29) is 11.6 Å². The average molecular weight is 239 g/mol. The fourth-order valence-electron chi connectivity index (χ4n) is 4.43. The van der Waals surface area contributed by atoms with Crippen molar-refractivity contribution in [1.29, 1.82) is 0 Å². The van der Waals surface area contributed by atoms with Crippen LogP contribution in [0.1, 0.15) is 53.4 Å². The predicted octanol–water partition coefficient (Wildman–Crippen LogP) is 2.90. The molecule has 0 heterocycles. The SMILES string of the molecule is CCN(CC)C(C)(C)C(O)C1CC2CCC1C2. The lowest BCUT2D eigenvalue weighted by molar-refractivity contribution is -0.0519. The smallest absolute Gasteiger partial charge is 0.0749 e. The summed E-state index contributed by atoms with van der Waals surface area (Å²) >= 11 is 0. The third-order valence-corrected chi connectivity index (χ3v) is 5.50.